The van der Waals surface area contributed by atoms with Gasteiger partial charge in [0.15, 0.2) is 5.96 Å². The number of ether oxygens (including phenoxy) is 1. The topological polar surface area (TPSA) is 66.0 Å². The molecule has 152 valence electrons. The predicted octanol–water partition coefficient (Wildman–Crippen LogP) is 1.91. The molecule has 0 spiro atoms. The zero-order valence-electron chi connectivity index (χ0n) is 16.9. The lowest BCUT2D eigenvalue weighted by Crippen LogP contribution is -2.46. The number of hydrogen-bond acceptors (Lipinski definition) is 3. The van der Waals surface area contributed by atoms with Gasteiger partial charge in [0.1, 0.15) is 5.75 Å². The van der Waals surface area contributed by atoms with E-state index in [1.165, 1.54) is 22.3 Å². The summed E-state index contributed by atoms with van der Waals surface area (Å²) in [7, 11) is 1.73. The summed E-state index contributed by atoms with van der Waals surface area (Å²) in [6.07, 6.45) is 2.80. The summed E-state index contributed by atoms with van der Waals surface area (Å²) in [5, 5.41) is 6.44. The van der Waals surface area contributed by atoms with Crippen molar-refractivity contribution in [1.82, 2.24) is 15.5 Å². The minimum absolute atomic E-state index is 0.0982. The average Bonchev–Trinajstić information content (AvgIpc) is 3.23. The Morgan fingerprint density at radius 3 is 2.83 bits per heavy atom. The molecule has 0 aromatic heterocycles. The highest BCUT2D eigenvalue weighted by atomic mass is 16.5. The standard InChI is InChI=1S/C23H28N4O2/c1-24-23(25-11-8-17-6-7-21-19(14-17)10-13-29-21)26-15-22(28)27-12-9-18-4-2-3-5-20(18)16-27/h2-7,14H,8-13,15-16H2,1H3,(H2,24,25,26). The highest BCUT2D eigenvalue weighted by Crippen LogP contribution is 2.25. The second-order valence-electron chi connectivity index (χ2n) is 7.48. The normalized spacial score (nSPS) is 15.3. The second-order valence-corrected chi connectivity index (χ2v) is 7.48. The number of nitrogens with zero attached hydrogens (tertiary/aromatic N) is 2. The van der Waals surface area contributed by atoms with Gasteiger partial charge in [-0.3, -0.25) is 9.79 Å². The molecule has 1 amide bonds. The van der Waals surface area contributed by atoms with Crippen LogP contribution in [-0.4, -0.2) is 50.1 Å². The monoisotopic (exact) mass is 392 g/mol. The lowest BCUT2D eigenvalue weighted by atomic mass is 10.00. The number of rotatable bonds is 5. The van der Waals surface area contributed by atoms with E-state index in [2.05, 4.69) is 52.0 Å². The molecule has 0 saturated heterocycles. The number of aliphatic imine (C=N–C) groups is 1. The van der Waals surface area contributed by atoms with Crippen molar-refractivity contribution >= 4 is 11.9 Å². The van der Waals surface area contributed by atoms with Crippen LogP contribution in [0.5, 0.6) is 5.75 Å². The van der Waals surface area contributed by atoms with Crippen LogP contribution in [0.1, 0.15) is 22.3 Å². The lowest BCUT2D eigenvalue weighted by Gasteiger charge is -2.29. The SMILES string of the molecule is CN=C(NCCc1ccc2c(c1)CCO2)NCC(=O)N1CCc2ccccc2C1. The van der Waals surface area contributed by atoms with Gasteiger partial charge < -0.3 is 20.3 Å². The Hall–Kier alpha value is -3.02. The van der Waals surface area contributed by atoms with Crippen molar-refractivity contribution in [2.75, 3.05) is 33.3 Å². The molecule has 6 nitrogen and oxygen atoms in total. The number of benzene rings is 2. The third-order valence-electron chi connectivity index (χ3n) is 5.57. The highest BCUT2D eigenvalue weighted by molar-refractivity contribution is 5.86. The zero-order valence-corrected chi connectivity index (χ0v) is 16.9. The van der Waals surface area contributed by atoms with E-state index in [0.29, 0.717) is 12.5 Å². The number of guanidine groups is 1. The molecule has 29 heavy (non-hydrogen) atoms. The smallest absolute Gasteiger partial charge is 0.242 e. The first-order chi connectivity index (χ1) is 14.2. The maximum atomic E-state index is 12.6. The molecule has 2 aliphatic heterocycles. The van der Waals surface area contributed by atoms with Crippen molar-refractivity contribution in [2.24, 2.45) is 4.99 Å². The number of carbonyl (C=O) groups excluding carboxylic acids is 1. The van der Waals surface area contributed by atoms with Crippen molar-refractivity contribution in [3.8, 4) is 5.75 Å². The maximum absolute atomic E-state index is 12.6. The Kier molecular flexibility index (Phi) is 5.98. The summed E-state index contributed by atoms with van der Waals surface area (Å²) in [6, 6.07) is 14.7. The number of amides is 1. The van der Waals surface area contributed by atoms with E-state index >= 15 is 0 Å². The van der Waals surface area contributed by atoms with Gasteiger partial charge in [-0.2, -0.15) is 0 Å². The van der Waals surface area contributed by atoms with Gasteiger partial charge >= 0.3 is 0 Å². The van der Waals surface area contributed by atoms with E-state index in [4.69, 9.17) is 4.74 Å². The van der Waals surface area contributed by atoms with Crippen molar-refractivity contribution in [3.63, 3.8) is 0 Å². The van der Waals surface area contributed by atoms with Gasteiger partial charge in [-0.1, -0.05) is 36.4 Å². The van der Waals surface area contributed by atoms with Gasteiger partial charge in [-0.25, -0.2) is 0 Å². The summed E-state index contributed by atoms with van der Waals surface area (Å²) in [4.78, 5) is 18.7. The molecule has 2 aliphatic rings. The molecule has 2 aromatic carbocycles. The minimum Gasteiger partial charge on any atom is -0.493 e. The quantitative estimate of drug-likeness (QED) is 0.603. The van der Waals surface area contributed by atoms with E-state index in [1.54, 1.807) is 7.05 Å². The molecule has 0 unspecified atom stereocenters. The predicted molar refractivity (Wildman–Crippen MR) is 114 cm³/mol. The van der Waals surface area contributed by atoms with E-state index < -0.39 is 0 Å². The molecule has 0 fully saturated rings. The number of hydrogen-bond donors (Lipinski definition) is 2. The number of nitrogens with one attached hydrogen (secondary N) is 2. The Bertz CT molecular complexity index is 910. The van der Waals surface area contributed by atoms with Gasteiger partial charge in [0, 0.05) is 33.1 Å². The second kappa shape index (κ2) is 8.99. The van der Waals surface area contributed by atoms with Crippen LogP contribution in [0.25, 0.3) is 0 Å². The van der Waals surface area contributed by atoms with Gasteiger partial charge in [0.2, 0.25) is 5.91 Å². The molecular formula is C23H28N4O2. The first kappa shape index (κ1) is 19.3. The molecule has 2 heterocycles. The number of carbonyl (C=O) groups is 1. The molecule has 0 bridgehead atoms. The molecule has 0 radical (unpaired) electrons. The average molecular weight is 393 g/mol. The van der Waals surface area contributed by atoms with Gasteiger partial charge in [0.25, 0.3) is 0 Å². The minimum atomic E-state index is 0.0982. The highest BCUT2D eigenvalue weighted by Gasteiger charge is 2.20. The first-order valence-corrected chi connectivity index (χ1v) is 10.3. The summed E-state index contributed by atoms with van der Waals surface area (Å²) in [6.45, 7) is 3.24. The van der Waals surface area contributed by atoms with Crippen molar-refractivity contribution in [1.29, 1.82) is 0 Å². The van der Waals surface area contributed by atoms with Crippen LogP contribution in [0.2, 0.25) is 0 Å². The van der Waals surface area contributed by atoms with Crippen LogP contribution in [0.15, 0.2) is 47.5 Å². The fourth-order valence-electron chi connectivity index (χ4n) is 3.92. The molecule has 2 aromatic rings. The Morgan fingerprint density at radius 1 is 1.10 bits per heavy atom. The van der Waals surface area contributed by atoms with Crippen LogP contribution >= 0.6 is 0 Å². The maximum Gasteiger partial charge on any atom is 0.242 e. The van der Waals surface area contributed by atoms with Crippen LogP contribution in [0.4, 0.5) is 0 Å². The third kappa shape index (κ3) is 4.70. The van der Waals surface area contributed by atoms with Gasteiger partial charge in [0.05, 0.1) is 13.2 Å². The molecule has 4 rings (SSSR count). The van der Waals surface area contributed by atoms with Gasteiger partial charge in [-0.15, -0.1) is 0 Å². The van der Waals surface area contributed by atoms with E-state index in [1.807, 2.05) is 11.0 Å². The summed E-state index contributed by atoms with van der Waals surface area (Å²) in [5.41, 5.74) is 5.16. The fourth-order valence-corrected chi connectivity index (χ4v) is 3.92. The van der Waals surface area contributed by atoms with Crippen molar-refractivity contribution < 1.29 is 9.53 Å². The molecule has 6 heteroatoms. The zero-order chi connectivity index (χ0) is 20.1. The van der Waals surface area contributed by atoms with Gasteiger partial charge in [-0.05, 0) is 41.2 Å². The summed E-state index contributed by atoms with van der Waals surface area (Å²) >= 11 is 0. The number of fused-ring (bicyclic) bond motifs is 2. The lowest BCUT2D eigenvalue weighted by molar-refractivity contribution is -0.130. The van der Waals surface area contributed by atoms with Crippen LogP contribution in [-0.2, 0) is 30.6 Å². The Labute approximate surface area is 172 Å². The summed E-state index contributed by atoms with van der Waals surface area (Å²) < 4.78 is 5.56. The fraction of sp³-hybridized carbons (Fsp3) is 0.391. The van der Waals surface area contributed by atoms with Crippen LogP contribution in [0, 0.1) is 0 Å². The van der Waals surface area contributed by atoms with E-state index in [9.17, 15) is 4.79 Å². The largest absolute Gasteiger partial charge is 0.493 e. The van der Waals surface area contributed by atoms with Crippen molar-refractivity contribution in [2.45, 2.75) is 25.8 Å². The Morgan fingerprint density at radius 2 is 1.97 bits per heavy atom. The molecule has 0 aliphatic carbocycles. The molecule has 0 saturated carbocycles. The molecule has 2 N–H and O–H groups in total. The van der Waals surface area contributed by atoms with Crippen LogP contribution in [0.3, 0.4) is 0 Å². The third-order valence-corrected chi connectivity index (χ3v) is 5.57. The molecule has 0 atom stereocenters. The van der Waals surface area contributed by atoms with E-state index in [0.717, 1.165) is 44.7 Å². The van der Waals surface area contributed by atoms with Crippen LogP contribution < -0.4 is 15.4 Å². The first-order valence-electron chi connectivity index (χ1n) is 10.3. The summed E-state index contributed by atoms with van der Waals surface area (Å²) in [5.74, 6) is 1.76. The van der Waals surface area contributed by atoms with Crippen molar-refractivity contribution in [3.05, 3.63) is 64.7 Å². The molecular weight excluding hydrogens is 364 g/mol. The Balaban J connectivity index is 1.22. The van der Waals surface area contributed by atoms with E-state index in [-0.39, 0.29) is 12.5 Å².